The van der Waals surface area contributed by atoms with Gasteiger partial charge in [-0.3, -0.25) is 0 Å². The standard InChI is InChI=1S/C49H28N2O/c1-2-10-31(11-3-1)48-37-23-25-45-47(46(37)36-14-4-7-15-41(36)50-48)40-26-32(22-24-44(40)52-45)29-18-20-30(21-19-29)33-27-38-34-12-5-8-16-42(34)51-43-17-9-6-13-35(43)39(28-33)49(38)51/h1-28H. The van der Waals surface area contributed by atoms with Crippen LogP contribution in [0.2, 0.25) is 0 Å². The molecular weight excluding hydrogens is 633 g/mol. The van der Waals surface area contributed by atoms with Gasteiger partial charge in [-0.25, -0.2) is 4.98 Å². The third-order valence-electron chi connectivity index (χ3n) is 11.1. The Morgan fingerprint density at radius 1 is 0.365 bits per heavy atom. The third kappa shape index (κ3) is 3.77. The third-order valence-corrected chi connectivity index (χ3v) is 11.1. The first-order valence-electron chi connectivity index (χ1n) is 17.8. The molecule has 0 radical (unpaired) electrons. The average molecular weight is 661 g/mol. The summed E-state index contributed by atoms with van der Waals surface area (Å²) in [4.78, 5) is 5.16. The van der Waals surface area contributed by atoms with Crippen molar-refractivity contribution >= 4 is 81.7 Å². The Bertz CT molecular complexity index is 3300. The molecule has 0 spiro atoms. The molecule has 4 aromatic heterocycles. The van der Waals surface area contributed by atoms with Crippen LogP contribution in [0.3, 0.4) is 0 Å². The van der Waals surface area contributed by atoms with E-state index >= 15 is 0 Å². The summed E-state index contributed by atoms with van der Waals surface area (Å²) in [6.07, 6.45) is 0. The van der Waals surface area contributed by atoms with Gasteiger partial charge in [0.05, 0.1) is 27.8 Å². The van der Waals surface area contributed by atoms with Crippen molar-refractivity contribution in [2.75, 3.05) is 0 Å². The highest BCUT2D eigenvalue weighted by atomic mass is 16.3. The van der Waals surface area contributed by atoms with Crippen molar-refractivity contribution < 1.29 is 4.42 Å². The number of aromatic nitrogens is 2. The summed E-state index contributed by atoms with van der Waals surface area (Å²) in [5.41, 5.74) is 13.4. The fourth-order valence-electron chi connectivity index (χ4n) is 8.78. The highest BCUT2D eigenvalue weighted by molar-refractivity contribution is 6.28. The summed E-state index contributed by atoms with van der Waals surface area (Å²) in [7, 11) is 0. The largest absolute Gasteiger partial charge is 0.456 e. The predicted molar refractivity (Wildman–Crippen MR) is 217 cm³/mol. The topological polar surface area (TPSA) is 30.4 Å². The van der Waals surface area contributed by atoms with Gasteiger partial charge in [-0.15, -0.1) is 0 Å². The van der Waals surface area contributed by atoms with Gasteiger partial charge in [-0.2, -0.15) is 0 Å². The maximum Gasteiger partial charge on any atom is 0.136 e. The van der Waals surface area contributed by atoms with Crippen LogP contribution in [0.25, 0.3) is 115 Å². The predicted octanol–water partition coefficient (Wildman–Crippen LogP) is 13.4. The summed E-state index contributed by atoms with van der Waals surface area (Å²) < 4.78 is 8.94. The van der Waals surface area contributed by atoms with Crippen LogP contribution in [-0.2, 0) is 0 Å². The van der Waals surface area contributed by atoms with Crippen LogP contribution < -0.4 is 0 Å². The number of rotatable bonds is 3. The lowest BCUT2D eigenvalue weighted by Crippen LogP contribution is -1.90. The Morgan fingerprint density at radius 3 is 1.67 bits per heavy atom. The first kappa shape index (κ1) is 27.8. The molecule has 0 amide bonds. The maximum atomic E-state index is 6.51. The van der Waals surface area contributed by atoms with E-state index in [0.29, 0.717) is 0 Å². The molecule has 0 atom stereocenters. The molecule has 0 aliphatic heterocycles. The fraction of sp³-hybridized carbons (Fsp3) is 0. The lowest BCUT2D eigenvalue weighted by atomic mass is 9.94. The molecule has 3 heteroatoms. The van der Waals surface area contributed by atoms with Crippen molar-refractivity contribution in [1.82, 2.24) is 9.38 Å². The molecule has 3 nitrogen and oxygen atoms in total. The summed E-state index contributed by atoms with van der Waals surface area (Å²) in [6, 6.07) is 61.1. The van der Waals surface area contributed by atoms with Crippen LogP contribution in [0.15, 0.2) is 174 Å². The van der Waals surface area contributed by atoms with E-state index in [2.05, 4.69) is 174 Å². The van der Waals surface area contributed by atoms with Gasteiger partial charge in [-0.05, 0) is 76.9 Å². The van der Waals surface area contributed by atoms with Crippen molar-refractivity contribution in [2.24, 2.45) is 0 Å². The van der Waals surface area contributed by atoms with E-state index in [0.717, 1.165) is 55.0 Å². The molecule has 0 aliphatic carbocycles. The lowest BCUT2D eigenvalue weighted by Gasteiger charge is -2.11. The minimum absolute atomic E-state index is 0.885. The summed E-state index contributed by atoms with van der Waals surface area (Å²) in [5, 5.41) is 10.9. The van der Waals surface area contributed by atoms with E-state index in [1.807, 2.05) is 0 Å². The number of furan rings is 1. The molecule has 4 heterocycles. The second kappa shape index (κ2) is 10.3. The van der Waals surface area contributed by atoms with Gasteiger partial charge in [0.25, 0.3) is 0 Å². The van der Waals surface area contributed by atoms with Gasteiger partial charge in [0.1, 0.15) is 11.2 Å². The number of nitrogens with zero attached hydrogens (tertiary/aromatic N) is 2. The molecule has 0 unspecified atom stereocenters. The smallest absolute Gasteiger partial charge is 0.136 e. The number of hydrogen-bond donors (Lipinski definition) is 0. The van der Waals surface area contributed by atoms with Gasteiger partial charge in [0.2, 0.25) is 0 Å². The zero-order chi connectivity index (χ0) is 33.9. The second-order valence-corrected chi connectivity index (χ2v) is 13.9. The Kier molecular flexibility index (Phi) is 5.50. The SMILES string of the molecule is c1ccc(-c2nc3ccccc3c3c2ccc2oc4ccc(-c5ccc(-c6cc7c8ccccc8n8c9ccccc9c(c6)c78)cc5)cc4c23)cc1. The molecule has 12 rings (SSSR count). The minimum atomic E-state index is 0.885. The summed E-state index contributed by atoms with van der Waals surface area (Å²) in [5.74, 6) is 0. The van der Waals surface area contributed by atoms with Crippen molar-refractivity contribution in [1.29, 1.82) is 0 Å². The Morgan fingerprint density at radius 2 is 0.942 bits per heavy atom. The molecule has 0 aliphatic rings. The molecule has 0 N–H and O–H groups in total. The fourth-order valence-corrected chi connectivity index (χ4v) is 8.78. The van der Waals surface area contributed by atoms with Crippen molar-refractivity contribution in [3.05, 3.63) is 170 Å². The van der Waals surface area contributed by atoms with Gasteiger partial charge >= 0.3 is 0 Å². The van der Waals surface area contributed by atoms with E-state index in [-0.39, 0.29) is 0 Å². The number of pyridine rings is 1. The minimum Gasteiger partial charge on any atom is -0.456 e. The van der Waals surface area contributed by atoms with E-state index in [1.54, 1.807) is 0 Å². The van der Waals surface area contributed by atoms with Crippen LogP contribution >= 0.6 is 0 Å². The zero-order valence-corrected chi connectivity index (χ0v) is 28.0. The van der Waals surface area contributed by atoms with Crippen molar-refractivity contribution in [3.8, 4) is 33.5 Å². The lowest BCUT2D eigenvalue weighted by molar-refractivity contribution is 0.669. The molecule has 12 aromatic rings. The van der Waals surface area contributed by atoms with E-state index < -0.39 is 0 Å². The van der Waals surface area contributed by atoms with Crippen LogP contribution in [0.1, 0.15) is 0 Å². The first-order valence-corrected chi connectivity index (χ1v) is 17.8. The van der Waals surface area contributed by atoms with Crippen molar-refractivity contribution in [2.45, 2.75) is 0 Å². The number of para-hydroxylation sites is 3. The Hall–Kier alpha value is -6.97. The molecule has 0 saturated carbocycles. The maximum absolute atomic E-state index is 6.51. The zero-order valence-electron chi connectivity index (χ0n) is 28.0. The second-order valence-electron chi connectivity index (χ2n) is 13.9. The average Bonchev–Trinajstić information content (AvgIpc) is 3.87. The van der Waals surface area contributed by atoms with Gasteiger partial charge in [0.15, 0.2) is 0 Å². The van der Waals surface area contributed by atoms with E-state index in [9.17, 15) is 0 Å². The Balaban J connectivity index is 1.03. The molecule has 0 saturated heterocycles. The first-order chi connectivity index (χ1) is 25.8. The quantitative estimate of drug-likeness (QED) is 0.177. The highest BCUT2D eigenvalue weighted by Gasteiger charge is 2.20. The summed E-state index contributed by atoms with van der Waals surface area (Å²) in [6.45, 7) is 0. The number of hydrogen-bond acceptors (Lipinski definition) is 2. The van der Waals surface area contributed by atoms with Gasteiger partial charge < -0.3 is 8.82 Å². The molecule has 240 valence electrons. The number of fused-ring (bicyclic) bond motifs is 13. The van der Waals surface area contributed by atoms with Crippen LogP contribution in [0.5, 0.6) is 0 Å². The van der Waals surface area contributed by atoms with Crippen LogP contribution in [0.4, 0.5) is 0 Å². The molecule has 0 fully saturated rings. The molecular formula is C49H28N2O. The monoisotopic (exact) mass is 660 g/mol. The Labute approximate surface area is 297 Å². The van der Waals surface area contributed by atoms with E-state index in [4.69, 9.17) is 9.40 Å². The van der Waals surface area contributed by atoms with Crippen LogP contribution in [-0.4, -0.2) is 9.38 Å². The number of benzene rings is 8. The van der Waals surface area contributed by atoms with Gasteiger partial charge in [0, 0.05) is 54.0 Å². The highest BCUT2D eigenvalue weighted by Crippen LogP contribution is 2.44. The molecule has 0 bridgehead atoms. The van der Waals surface area contributed by atoms with Crippen molar-refractivity contribution in [3.63, 3.8) is 0 Å². The normalized spacial score (nSPS) is 12.2. The summed E-state index contributed by atoms with van der Waals surface area (Å²) >= 11 is 0. The molecule has 8 aromatic carbocycles. The molecule has 52 heavy (non-hydrogen) atoms. The van der Waals surface area contributed by atoms with Crippen LogP contribution in [0, 0.1) is 0 Å². The van der Waals surface area contributed by atoms with E-state index in [1.165, 1.54) is 60.2 Å². The van der Waals surface area contributed by atoms with Gasteiger partial charge in [-0.1, -0.05) is 115 Å².